The Morgan fingerprint density at radius 2 is 2.19 bits per heavy atom. The SMILES string of the molecule is CCn1cc(NC(=O)C(C(N)=NO)c2ccccc2)cn1. The molecule has 110 valence electrons. The van der Waals surface area contributed by atoms with E-state index in [4.69, 9.17) is 10.9 Å². The lowest BCUT2D eigenvalue weighted by Gasteiger charge is -2.15. The molecule has 1 aromatic heterocycles. The van der Waals surface area contributed by atoms with Crippen LogP contribution in [-0.2, 0) is 11.3 Å². The average Bonchev–Trinajstić information content (AvgIpc) is 2.96. The molecule has 0 aliphatic heterocycles. The summed E-state index contributed by atoms with van der Waals surface area (Å²) in [6.07, 6.45) is 3.27. The first-order valence-electron chi connectivity index (χ1n) is 6.51. The van der Waals surface area contributed by atoms with Crippen molar-refractivity contribution in [3.63, 3.8) is 0 Å². The van der Waals surface area contributed by atoms with Gasteiger partial charge in [-0.05, 0) is 12.5 Å². The van der Waals surface area contributed by atoms with Crippen LogP contribution in [0.1, 0.15) is 18.4 Å². The zero-order chi connectivity index (χ0) is 15.2. The minimum atomic E-state index is -0.860. The van der Waals surface area contributed by atoms with E-state index in [1.165, 1.54) is 0 Å². The highest BCUT2D eigenvalue weighted by Crippen LogP contribution is 2.18. The first-order chi connectivity index (χ1) is 10.2. The van der Waals surface area contributed by atoms with Gasteiger partial charge in [-0.2, -0.15) is 5.10 Å². The van der Waals surface area contributed by atoms with Crippen LogP contribution in [-0.4, -0.2) is 26.7 Å². The van der Waals surface area contributed by atoms with Gasteiger partial charge in [0.05, 0.1) is 11.9 Å². The molecule has 0 aliphatic rings. The molecule has 1 unspecified atom stereocenters. The second-order valence-corrected chi connectivity index (χ2v) is 4.44. The number of nitrogens with zero attached hydrogens (tertiary/aromatic N) is 3. The molecule has 1 heterocycles. The van der Waals surface area contributed by atoms with Crippen molar-refractivity contribution in [1.82, 2.24) is 9.78 Å². The second-order valence-electron chi connectivity index (χ2n) is 4.44. The van der Waals surface area contributed by atoms with Gasteiger partial charge in [0.15, 0.2) is 5.84 Å². The third-order valence-corrected chi connectivity index (χ3v) is 3.03. The van der Waals surface area contributed by atoms with Crippen molar-refractivity contribution in [2.24, 2.45) is 10.9 Å². The number of carbonyl (C=O) groups is 1. The van der Waals surface area contributed by atoms with Crippen molar-refractivity contribution in [3.8, 4) is 0 Å². The molecule has 7 heteroatoms. The van der Waals surface area contributed by atoms with Crippen LogP contribution in [0.5, 0.6) is 0 Å². The predicted molar refractivity (Wildman–Crippen MR) is 79.1 cm³/mol. The Labute approximate surface area is 122 Å². The quantitative estimate of drug-likeness (QED) is 0.334. The van der Waals surface area contributed by atoms with E-state index in [0.717, 1.165) is 0 Å². The Bertz CT molecular complexity index is 636. The monoisotopic (exact) mass is 287 g/mol. The van der Waals surface area contributed by atoms with E-state index >= 15 is 0 Å². The molecule has 0 saturated heterocycles. The van der Waals surface area contributed by atoms with Gasteiger partial charge < -0.3 is 16.3 Å². The van der Waals surface area contributed by atoms with Crippen LogP contribution in [0.4, 0.5) is 5.69 Å². The van der Waals surface area contributed by atoms with Crippen LogP contribution < -0.4 is 11.1 Å². The fourth-order valence-corrected chi connectivity index (χ4v) is 1.98. The molecular formula is C14H17N5O2. The lowest BCUT2D eigenvalue weighted by atomic mass is 9.97. The summed E-state index contributed by atoms with van der Waals surface area (Å²) in [4.78, 5) is 12.4. The highest BCUT2D eigenvalue weighted by molar-refractivity contribution is 6.12. The molecule has 1 aromatic carbocycles. The fourth-order valence-electron chi connectivity index (χ4n) is 1.98. The molecule has 0 aliphatic carbocycles. The summed E-state index contributed by atoms with van der Waals surface area (Å²) in [7, 11) is 0. The number of amidine groups is 1. The topological polar surface area (TPSA) is 106 Å². The Kier molecular flexibility index (Phi) is 4.55. The maximum atomic E-state index is 12.4. The smallest absolute Gasteiger partial charge is 0.239 e. The van der Waals surface area contributed by atoms with Crippen molar-refractivity contribution >= 4 is 17.4 Å². The summed E-state index contributed by atoms with van der Waals surface area (Å²) in [6.45, 7) is 2.65. The van der Waals surface area contributed by atoms with Crippen molar-refractivity contribution in [1.29, 1.82) is 0 Å². The van der Waals surface area contributed by atoms with Gasteiger partial charge in [-0.1, -0.05) is 35.5 Å². The van der Waals surface area contributed by atoms with E-state index in [2.05, 4.69) is 15.6 Å². The number of amides is 1. The number of aromatic nitrogens is 2. The molecule has 0 radical (unpaired) electrons. The van der Waals surface area contributed by atoms with Gasteiger partial charge in [0, 0.05) is 12.7 Å². The molecule has 0 fully saturated rings. The Morgan fingerprint density at radius 1 is 1.48 bits per heavy atom. The van der Waals surface area contributed by atoms with Crippen LogP contribution in [0, 0.1) is 0 Å². The number of nitrogens with two attached hydrogens (primary N) is 1. The number of anilines is 1. The van der Waals surface area contributed by atoms with Gasteiger partial charge >= 0.3 is 0 Å². The van der Waals surface area contributed by atoms with E-state index in [1.807, 2.05) is 13.0 Å². The second kappa shape index (κ2) is 6.56. The molecule has 1 atom stereocenters. The maximum Gasteiger partial charge on any atom is 0.239 e. The third-order valence-electron chi connectivity index (χ3n) is 3.03. The number of benzene rings is 1. The minimum absolute atomic E-state index is 0.165. The normalized spacial score (nSPS) is 12.9. The number of aryl methyl sites for hydroxylation is 1. The molecule has 21 heavy (non-hydrogen) atoms. The molecule has 4 N–H and O–H groups in total. The zero-order valence-electron chi connectivity index (χ0n) is 11.6. The largest absolute Gasteiger partial charge is 0.409 e. The Morgan fingerprint density at radius 3 is 2.76 bits per heavy atom. The first-order valence-corrected chi connectivity index (χ1v) is 6.51. The summed E-state index contributed by atoms with van der Waals surface area (Å²) in [5, 5.41) is 18.6. The molecule has 7 nitrogen and oxygen atoms in total. The van der Waals surface area contributed by atoms with Crippen molar-refractivity contribution in [3.05, 3.63) is 48.3 Å². The van der Waals surface area contributed by atoms with Crippen LogP contribution >= 0.6 is 0 Å². The number of hydrogen-bond acceptors (Lipinski definition) is 4. The summed E-state index contributed by atoms with van der Waals surface area (Å²) in [5.41, 5.74) is 6.86. The fraction of sp³-hybridized carbons (Fsp3) is 0.214. The lowest BCUT2D eigenvalue weighted by molar-refractivity contribution is -0.116. The molecule has 0 spiro atoms. The van der Waals surface area contributed by atoms with Crippen molar-refractivity contribution in [2.45, 2.75) is 19.4 Å². The van der Waals surface area contributed by atoms with E-state index in [-0.39, 0.29) is 11.7 Å². The minimum Gasteiger partial charge on any atom is -0.409 e. The van der Waals surface area contributed by atoms with Crippen molar-refractivity contribution < 1.29 is 10.0 Å². The first kappa shape index (κ1) is 14.6. The van der Waals surface area contributed by atoms with Gasteiger partial charge in [-0.3, -0.25) is 9.48 Å². The number of nitrogens with one attached hydrogen (secondary N) is 1. The van der Waals surface area contributed by atoms with E-state index < -0.39 is 5.92 Å². The van der Waals surface area contributed by atoms with Gasteiger partial charge in [-0.25, -0.2) is 0 Å². The van der Waals surface area contributed by atoms with Crippen LogP contribution in [0.2, 0.25) is 0 Å². The Hall–Kier alpha value is -2.83. The number of carbonyl (C=O) groups excluding carboxylic acids is 1. The predicted octanol–water partition coefficient (Wildman–Crippen LogP) is 1.37. The van der Waals surface area contributed by atoms with E-state index in [1.54, 1.807) is 41.3 Å². The molecule has 2 aromatic rings. The molecule has 0 bridgehead atoms. The molecular weight excluding hydrogens is 270 g/mol. The summed E-state index contributed by atoms with van der Waals surface area (Å²) < 4.78 is 1.69. The van der Waals surface area contributed by atoms with E-state index in [9.17, 15) is 4.79 Å². The van der Waals surface area contributed by atoms with Gasteiger partial charge in [0.2, 0.25) is 5.91 Å². The van der Waals surface area contributed by atoms with Crippen molar-refractivity contribution in [2.75, 3.05) is 5.32 Å². The van der Waals surface area contributed by atoms with E-state index in [0.29, 0.717) is 17.8 Å². The summed E-state index contributed by atoms with van der Waals surface area (Å²) >= 11 is 0. The number of oxime groups is 1. The zero-order valence-corrected chi connectivity index (χ0v) is 11.6. The van der Waals surface area contributed by atoms with Gasteiger partial charge in [0.25, 0.3) is 0 Å². The molecule has 0 saturated carbocycles. The van der Waals surface area contributed by atoms with Crippen LogP contribution in [0.15, 0.2) is 47.9 Å². The maximum absolute atomic E-state index is 12.4. The highest BCUT2D eigenvalue weighted by Gasteiger charge is 2.25. The van der Waals surface area contributed by atoms with Gasteiger partial charge in [-0.15, -0.1) is 0 Å². The number of hydrogen-bond donors (Lipinski definition) is 3. The van der Waals surface area contributed by atoms with Crippen LogP contribution in [0.3, 0.4) is 0 Å². The highest BCUT2D eigenvalue weighted by atomic mass is 16.4. The third kappa shape index (κ3) is 3.38. The van der Waals surface area contributed by atoms with Crippen LogP contribution in [0.25, 0.3) is 0 Å². The molecule has 1 amide bonds. The summed E-state index contributed by atoms with van der Waals surface area (Å²) in [5.74, 6) is -1.41. The summed E-state index contributed by atoms with van der Waals surface area (Å²) in [6, 6.07) is 8.90. The molecule has 2 rings (SSSR count). The standard InChI is InChI=1S/C14H17N5O2/c1-2-19-9-11(8-16-19)17-14(20)12(13(15)18-21)10-6-4-3-5-7-10/h3-9,12,21H,2H2,1H3,(H2,15,18)(H,17,20). The number of rotatable bonds is 5. The lowest BCUT2D eigenvalue weighted by Crippen LogP contribution is -2.32. The average molecular weight is 287 g/mol. The van der Waals surface area contributed by atoms with Gasteiger partial charge in [0.1, 0.15) is 5.92 Å². The Balaban J connectivity index is 2.23.